The Kier molecular flexibility index (Phi) is 5.14. The van der Waals surface area contributed by atoms with E-state index in [1.165, 1.54) is 23.1 Å². The molecule has 2 aromatic rings. The Hall–Kier alpha value is -1.64. The molecule has 1 aliphatic heterocycles. The van der Waals surface area contributed by atoms with Gasteiger partial charge in [0.05, 0.1) is 6.61 Å². The second kappa shape index (κ2) is 7.29. The first-order valence-corrected chi connectivity index (χ1v) is 8.62. The van der Waals surface area contributed by atoms with Gasteiger partial charge in [-0.1, -0.05) is 54.6 Å². The third-order valence-corrected chi connectivity index (χ3v) is 5.15. The number of likely N-dealkylation sites (tertiary alicyclic amines) is 1. The van der Waals surface area contributed by atoms with Crippen LogP contribution in [0.25, 0.3) is 0 Å². The van der Waals surface area contributed by atoms with Crippen LogP contribution >= 0.6 is 0 Å². The molecule has 0 aromatic heterocycles. The van der Waals surface area contributed by atoms with Crippen molar-refractivity contribution in [2.24, 2.45) is 5.41 Å². The Labute approximate surface area is 139 Å². The van der Waals surface area contributed by atoms with E-state index in [0.29, 0.717) is 0 Å². The Bertz CT molecular complexity index is 625. The second-order valence-corrected chi connectivity index (χ2v) is 7.06. The third kappa shape index (κ3) is 4.01. The first-order chi connectivity index (χ1) is 11.2. The highest BCUT2D eigenvalue weighted by Gasteiger charge is 2.35. The summed E-state index contributed by atoms with van der Waals surface area (Å²) in [4.78, 5) is 2.52. The van der Waals surface area contributed by atoms with E-state index in [2.05, 4.69) is 66.4 Å². The van der Waals surface area contributed by atoms with Crippen molar-refractivity contribution in [3.8, 4) is 0 Å². The van der Waals surface area contributed by atoms with E-state index in [1.807, 2.05) is 0 Å². The van der Waals surface area contributed by atoms with E-state index < -0.39 is 0 Å². The van der Waals surface area contributed by atoms with Gasteiger partial charge in [-0.2, -0.15) is 0 Å². The fourth-order valence-corrected chi connectivity index (χ4v) is 3.83. The first kappa shape index (κ1) is 16.2. The first-order valence-electron chi connectivity index (χ1n) is 8.62. The summed E-state index contributed by atoms with van der Waals surface area (Å²) in [5.41, 5.74) is 4.10. The van der Waals surface area contributed by atoms with Crippen LogP contribution in [-0.2, 0) is 13.0 Å². The highest BCUT2D eigenvalue weighted by molar-refractivity contribution is 5.25. The van der Waals surface area contributed by atoms with Crippen LogP contribution in [0.2, 0.25) is 0 Å². The summed E-state index contributed by atoms with van der Waals surface area (Å²) in [5.74, 6) is 0. The lowest BCUT2D eigenvalue weighted by Crippen LogP contribution is -2.46. The maximum atomic E-state index is 10.1. The molecule has 1 N–H and O–H groups in total. The van der Waals surface area contributed by atoms with Crippen LogP contribution in [0.15, 0.2) is 54.6 Å². The van der Waals surface area contributed by atoms with Crippen molar-refractivity contribution in [1.29, 1.82) is 0 Å². The average Bonchev–Trinajstić information content (AvgIpc) is 2.58. The van der Waals surface area contributed by atoms with Gasteiger partial charge in [-0.05, 0) is 49.4 Å². The minimum Gasteiger partial charge on any atom is -0.396 e. The van der Waals surface area contributed by atoms with Crippen molar-refractivity contribution in [2.75, 3.05) is 19.7 Å². The Morgan fingerprint density at radius 2 is 1.78 bits per heavy atom. The summed E-state index contributed by atoms with van der Waals surface area (Å²) in [7, 11) is 0. The van der Waals surface area contributed by atoms with Gasteiger partial charge < -0.3 is 5.11 Å². The summed E-state index contributed by atoms with van der Waals surface area (Å²) >= 11 is 0. The van der Waals surface area contributed by atoms with E-state index >= 15 is 0 Å². The average molecular weight is 309 g/mol. The molecule has 122 valence electrons. The van der Waals surface area contributed by atoms with E-state index in [9.17, 15) is 5.11 Å². The fourth-order valence-electron chi connectivity index (χ4n) is 3.83. The highest BCUT2D eigenvalue weighted by Crippen LogP contribution is 2.34. The molecule has 1 heterocycles. The van der Waals surface area contributed by atoms with Crippen molar-refractivity contribution in [3.63, 3.8) is 0 Å². The molecule has 1 saturated heterocycles. The van der Waals surface area contributed by atoms with Crippen LogP contribution in [0, 0.1) is 12.3 Å². The highest BCUT2D eigenvalue weighted by atomic mass is 16.3. The third-order valence-electron chi connectivity index (χ3n) is 5.15. The lowest BCUT2D eigenvalue weighted by molar-refractivity contribution is 0.0288. The van der Waals surface area contributed by atoms with Crippen LogP contribution < -0.4 is 0 Å². The molecule has 0 unspecified atom stereocenters. The monoisotopic (exact) mass is 309 g/mol. The predicted molar refractivity (Wildman–Crippen MR) is 95.4 cm³/mol. The molecule has 23 heavy (non-hydrogen) atoms. The largest absolute Gasteiger partial charge is 0.396 e. The molecule has 0 aliphatic carbocycles. The Morgan fingerprint density at radius 1 is 1.04 bits per heavy atom. The number of aliphatic hydroxyl groups is 1. The van der Waals surface area contributed by atoms with Crippen LogP contribution in [0.4, 0.5) is 0 Å². The molecule has 2 heteroatoms. The van der Waals surface area contributed by atoms with Crippen LogP contribution in [0.3, 0.4) is 0 Å². The molecule has 0 spiro atoms. The molecule has 2 nitrogen and oxygen atoms in total. The van der Waals surface area contributed by atoms with Crippen molar-refractivity contribution >= 4 is 0 Å². The maximum Gasteiger partial charge on any atom is 0.0502 e. The molecule has 3 rings (SSSR count). The predicted octanol–water partition coefficient (Wildman–Crippen LogP) is 3.81. The fraction of sp³-hybridized carbons (Fsp3) is 0.429. The normalized spacial score (nSPS) is 22.2. The van der Waals surface area contributed by atoms with Gasteiger partial charge in [-0.15, -0.1) is 0 Å². The lowest BCUT2D eigenvalue weighted by atomic mass is 9.75. The van der Waals surface area contributed by atoms with Gasteiger partial charge in [0.2, 0.25) is 0 Å². The van der Waals surface area contributed by atoms with E-state index in [4.69, 9.17) is 0 Å². The van der Waals surface area contributed by atoms with Crippen LogP contribution in [-0.4, -0.2) is 29.7 Å². The Morgan fingerprint density at radius 3 is 2.52 bits per heavy atom. The molecule has 1 fully saturated rings. The molecule has 0 radical (unpaired) electrons. The van der Waals surface area contributed by atoms with Crippen molar-refractivity contribution < 1.29 is 5.11 Å². The summed E-state index contributed by atoms with van der Waals surface area (Å²) in [5, 5.41) is 10.1. The summed E-state index contributed by atoms with van der Waals surface area (Å²) < 4.78 is 0. The molecule has 2 aromatic carbocycles. The Balaban J connectivity index is 1.72. The standard InChI is InChI=1S/C21H27NO/c1-18-8-5-6-11-20(18)15-22-13-7-12-21(16-22,17-23)14-19-9-3-2-4-10-19/h2-6,8-11,23H,7,12-17H2,1H3/t21-/m0/s1. The topological polar surface area (TPSA) is 23.5 Å². The number of aliphatic hydroxyl groups excluding tert-OH is 1. The number of benzene rings is 2. The van der Waals surface area contributed by atoms with E-state index in [1.54, 1.807) is 0 Å². The van der Waals surface area contributed by atoms with Crippen molar-refractivity contribution in [1.82, 2.24) is 4.90 Å². The molecule has 0 amide bonds. The number of nitrogens with zero attached hydrogens (tertiary/aromatic N) is 1. The number of hydrogen-bond donors (Lipinski definition) is 1. The molecular weight excluding hydrogens is 282 g/mol. The quantitative estimate of drug-likeness (QED) is 0.908. The summed E-state index contributed by atoms with van der Waals surface area (Å²) in [6.07, 6.45) is 3.25. The minimum absolute atomic E-state index is 0.00227. The van der Waals surface area contributed by atoms with Gasteiger partial charge in [0.25, 0.3) is 0 Å². The van der Waals surface area contributed by atoms with Crippen molar-refractivity contribution in [2.45, 2.75) is 32.7 Å². The van der Waals surface area contributed by atoms with Gasteiger partial charge in [0.1, 0.15) is 0 Å². The maximum absolute atomic E-state index is 10.1. The summed E-state index contributed by atoms with van der Waals surface area (Å²) in [6, 6.07) is 19.2. The van der Waals surface area contributed by atoms with E-state index in [-0.39, 0.29) is 12.0 Å². The van der Waals surface area contributed by atoms with Gasteiger partial charge in [0.15, 0.2) is 0 Å². The van der Waals surface area contributed by atoms with Crippen molar-refractivity contribution in [3.05, 3.63) is 71.3 Å². The number of aryl methyl sites for hydroxylation is 1. The molecule has 0 saturated carbocycles. The molecular formula is C21H27NO. The zero-order valence-electron chi connectivity index (χ0n) is 14.0. The molecule has 1 atom stereocenters. The van der Waals surface area contributed by atoms with E-state index in [0.717, 1.165) is 32.5 Å². The SMILES string of the molecule is Cc1ccccc1CN1CCC[C@](CO)(Cc2ccccc2)C1. The minimum atomic E-state index is 0.00227. The zero-order valence-corrected chi connectivity index (χ0v) is 14.0. The van der Waals surface area contributed by atoms with Gasteiger partial charge in [0, 0.05) is 18.5 Å². The second-order valence-electron chi connectivity index (χ2n) is 7.06. The summed E-state index contributed by atoms with van der Waals surface area (Å²) in [6.45, 7) is 5.55. The number of piperidine rings is 1. The van der Waals surface area contributed by atoms with Gasteiger partial charge in [-0.3, -0.25) is 4.90 Å². The van der Waals surface area contributed by atoms with Gasteiger partial charge >= 0.3 is 0 Å². The molecule has 0 bridgehead atoms. The lowest BCUT2D eigenvalue weighted by Gasteiger charge is -2.42. The number of hydrogen-bond acceptors (Lipinski definition) is 2. The van der Waals surface area contributed by atoms with Crippen LogP contribution in [0.5, 0.6) is 0 Å². The number of rotatable bonds is 5. The van der Waals surface area contributed by atoms with Gasteiger partial charge in [-0.25, -0.2) is 0 Å². The zero-order chi connectivity index (χ0) is 16.1. The smallest absolute Gasteiger partial charge is 0.0502 e. The molecule has 1 aliphatic rings. The van der Waals surface area contributed by atoms with Crippen LogP contribution in [0.1, 0.15) is 29.5 Å².